The van der Waals surface area contributed by atoms with E-state index in [1.54, 1.807) is 49.4 Å². The van der Waals surface area contributed by atoms with Crippen molar-refractivity contribution >= 4 is 23.2 Å². The van der Waals surface area contributed by atoms with Crippen molar-refractivity contribution in [2.45, 2.75) is 13.8 Å². The monoisotopic (exact) mass is 350 g/mol. The van der Waals surface area contributed by atoms with Gasteiger partial charge in [-0.3, -0.25) is 9.59 Å². The van der Waals surface area contributed by atoms with Crippen LogP contribution in [0.1, 0.15) is 25.0 Å². The van der Waals surface area contributed by atoms with Gasteiger partial charge in [0.15, 0.2) is 6.61 Å². The molecule has 2 aromatic carbocycles. The fourth-order valence-electron chi connectivity index (χ4n) is 2.04. The average molecular weight is 350 g/mol. The number of nitrogens with one attached hydrogen (secondary N) is 2. The molecule has 2 aromatic rings. The van der Waals surface area contributed by atoms with Gasteiger partial charge in [0.05, 0.1) is 17.3 Å². The molecule has 7 nitrogen and oxygen atoms in total. The van der Waals surface area contributed by atoms with Crippen molar-refractivity contribution in [2.75, 3.05) is 11.9 Å². The molecule has 0 aliphatic heterocycles. The number of amides is 2. The van der Waals surface area contributed by atoms with Crippen LogP contribution in [0.4, 0.5) is 5.69 Å². The summed E-state index contributed by atoms with van der Waals surface area (Å²) in [5, 5.41) is 15.5. The number of hydrazone groups is 1. The first-order valence-electron chi connectivity index (χ1n) is 7.82. The van der Waals surface area contributed by atoms with Gasteiger partial charge in [-0.2, -0.15) is 10.4 Å². The molecule has 26 heavy (non-hydrogen) atoms. The van der Waals surface area contributed by atoms with Gasteiger partial charge in [0.1, 0.15) is 5.75 Å². The molecular weight excluding hydrogens is 332 g/mol. The Morgan fingerprint density at radius 2 is 1.88 bits per heavy atom. The van der Waals surface area contributed by atoms with Crippen molar-refractivity contribution in [1.29, 1.82) is 5.26 Å². The molecule has 2 amide bonds. The second-order valence-electron chi connectivity index (χ2n) is 5.42. The third-order valence-electron chi connectivity index (χ3n) is 3.30. The quantitative estimate of drug-likeness (QED) is 0.617. The van der Waals surface area contributed by atoms with Crippen LogP contribution in [0.5, 0.6) is 5.75 Å². The lowest BCUT2D eigenvalue weighted by Gasteiger charge is -2.07. The summed E-state index contributed by atoms with van der Waals surface area (Å²) in [5.41, 5.74) is 4.94. The Morgan fingerprint density at radius 1 is 1.15 bits per heavy atom. The van der Waals surface area contributed by atoms with Crippen molar-refractivity contribution in [1.82, 2.24) is 5.43 Å². The zero-order valence-electron chi connectivity index (χ0n) is 14.4. The van der Waals surface area contributed by atoms with Gasteiger partial charge in [-0.15, -0.1) is 0 Å². The first kappa shape index (κ1) is 18.7. The first-order valence-corrected chi connectivity index (χ1v) is 7.82. The lowest BCUT2D eigenvalue weighted by Crippen LogP contribution is -2.25. The van der Waals surface area contributed by atoms with Crippen LogP contribution in [0, 0.1) is 11.3 Å². The molecule has 0 aliphatic rings. The van der Waals surface area contributed by atoms with E-state index in [2.05, 4.69) is 15.8 Å². The average Bonchev–Trinajstić information content (AvgIpc) is 2.64. The zero-order valence-corrected chi connectivity index (χ0v) is 14.4. The Hall–Kier alpha value is -3.66. The van der Waals surface area contributed by atoms with E-state index in [-0.39, 0.29) is 12.5 Å². The molecule has 0 saturated carbocycles. The minimum Gasteiger partial charge on any atom is -0.484 e. The van der Waals surface area contributed by atoms with Gasteiger partial charge in [0, 0.05) is 12.6 Å². The van der Waals surface area contributed by atoms with Crippen molar-refractivity contribution in [3.8, 4) is 11.8 Å². The summed E-state index contributed by atoms with van der Waals surface area (Å²) in [5.74, 6) is -0.0837. The maximum Gasteiger partial charge on any atom is 0.277 e. The number of carbonyl (C=O) groups excluding carboxylic acids is 2. The fraction of sp³-hybridized carbons (Fsp3) is 0.158. The van der Waals surface area contributed by atoms with E-state index in [1.807, 2.05) is 12.1 Å². The Kier molecular flexibility index (Phi) is 6.46. The Balaban J connectivity index is 1.90. The Bertz CT molecular complexity index is 867. The minimum absolute atomic E-state index is 0.162. The second kappa shape index (κ2) is 8.99. The molecule has 0 bridgehead atoms. The van der Waals surface area contributed by atoms with Gasteiger partial charge in [-0.1, -0.05) is 12.1 Å². The van der Waals surface area contributed by atoms with E-state index < -0.39 is 5.91 Å². The van der Waals surface area contributed by atoms with E-state index in [0.717, 1.165) is 5.56 Å². The smallest absolute Gasteiger partial charge is 0.277 e. The zero-order chi connectivity index (χ0) is 18.9. The predicted molar refractivity (Wildman–Crippen MR) is 97.8 cm³/mol. The van der Waals surface area contributed by atoms with Crippen LogP contribution in [0.15, 0.2) is 53.6 Å². The number of ether oxygens (including phenoxy) is 1. The number of hydrogen-bond acceptors (Lipinski definition) is 5. The summed E-state index contributed by atoms with van der Waals surface area (Å²) in [4.78, 5) is 22.9. The van der Waals surface area contributed by atoms with E-state index in [9.17, 15) is 9.59 Å². The first-order chi connectivity index (χ1) is 12.5. The van der Waals surface area contributed by atoms with Crippen LogP contribution >= 0.6 is 0 Å². The summed E-state index contributed by atoms with van der Waals surface area (Å²) < 4.78 is 5.33. The standard InChI is InChI=1S/C19H18N4O3/c1-13(16-4-3-5-17(10-16)21-14(2)24)22-23-19(25)12-26-18-8-6-15(11-20)7-9-18/h3-10H,12H2,1-2H3,(H,21,24)(H,23,25)/b22-13-. The van der Waals surface area contributed by atoms with Gasteiger partial charge in [0.25, 0.3) is 5.91 Å². The highest BCUT2D eigenvalue weighted by Crippen LogP contribution is 2.12. The topological polar surface area (TPSA) is 104 Å². The Labute approximate surface area is 151 Å². The summed E-state index contributed by atoms with van der Waals surface area (Å²) in [6, 6.07) is 15.6. The van der Waals surface area contributed by atoms with Gasteiger partial charge in [-0.25, -0.2) is 5.43 Å². The summed E-state index contributed by atoms with van der Waals surface area (Å²) in [6.07, 6.45) is 0. The van der Waals surface area contributed by atoms with Crippen molar-refractivity contribution in [3.63, 3.8) is 0 Å². The highest BCUT2D eigenvalue weighted by atomic mass is 16.5. The van der Waals surface area contributed by atoms with Crippen LogP contribution in [0.3, 0.4) is 0 Å². The lowest BCUT2D eigenvalue weighted by atomic mass is 10.1. The molecule has 132 valence electrons. The Morgan fingerprint density at radius 3 is 2.54 bits per heavy atom. The molecule has 0 fully saturated rings. The number of carbonyl (C=O) groups is 2. The SMILES string of the molecule is CC(=O)Nc1cccc(/C(C)=N\NC(=O)COc2ccc(C#N)cc2)c1. The summed E-state index contributed by atoms with van der Waals surface area (Å²) in [6.45, 7) is 2.98. The van der Waals surface area contributed by atoms with Gasteiger partial charge < -0.3 is 10.1 Å². The van der Waals surface area contributed by atoms with Crippen molar-refractivity contribution in [3.05, 3.63) is 59.7 Å². The third-order valence-corrected chi connectivity index (χ3v) is 3.30. The number of benzene rings is 2. The summed E-state index contributed by atoms with van der Waals surface area (Å²) >= 11 is 0. The molecule has 0 unspecified atom stereocenters. The van der Waals surface area contributed by atoms with Crippen LogP contribution in [0.25, 0.3) is 0 Å². The molecule has 0 aromatic heterocycles. The van der Waals surface area contributed by atoms with E-state index in [4.69, 9.17) is 10.00 Å². The van der Waals surface area contributed by atoms with Gasteiger partial charge in [0.2, 0.25) is 5.91 Å². The summed E-state index contributed by atoms with van der Waals surface area (Å²) in [7, 11) is 0. The van der Waals surface area contributed by atoms with Crippen LogP contribution < -0.4 is 15.5 Å². The normalized spacial score (nSPS) is 10.6. The maximum atomic E-state index is 11.8. The van der Waals surface area contributed by atoms with E-state index in [0.29, 0.717) is 22.7 Å². The lowest BCUT2D eigenvalue weighted by molar-refractivity contribution is -0.123. The molecule has 2 N–H and O–H groups in total. The molecule has 7 heteroatoms. The number of anilines is 1. The molecule has 0 radical (unpaired) electrons. The largest absolute Gasteiger partial charge is 0.484 e. The van der Waals surface area contributed by atoms with Gasteiger partial charge in [-0.05, 0) is 48.9 Å². The molecule has 2 rings (SSSR count). The second-order valence-corrected chi connectivity index (χ2v) is 5.42. The third kappa shape index (κ3) is 5.76. The van der Waals surface area contributed by atoms with Crippen molar-refractivity contribution < 1.29 is 14.3 Å². The predicted octanol–water partition coefficient (Wildman–Crippen LogP) is 2.44. The fourth-order valence-corrected chi connectivity index (χ4v) is 2.04. The van der Waals surface area contributed by atoms with Crippen molar-refractivity contribution in [2.24, 2.45) is 5.10 Å². The molecule has 0 aliphatic carbocycles. The van der Waals surface area contributed by atoms with Crippen LogP contribution in [-0.4, -0.2) is 24.1 Å². The van der Waals surface area contributed by atoms with Crippen LogP contribution in [0.2, 0.25) is 0 Å². The number of rotatable bonds is 6. The molecular formula is C19H18N4O3. The molecule has 0 atom stereocenters. The number of nitriles is 1. The highest BCUT2D eigenvalue weighted by Gasteiger charge is 2.04. The number of nitrogens with zero attached hydrogens (tertiary/aromatic N) is 2. The van der Waals surface area contributed by atoms with Gasteiger partial charge >= 0.3 is 0 Å². The van der Waals surface area contributed by atoms with Crippen LogP contribution in [-0.2, 0) is 9.59 Å². The molecule has 0 spiro atoms. The maximum absolute atomic E-state index is 11.8. The molecule has 0 saturated heterocycles. The highest BCUT2D eigenvalue weighted by molar-refractivity contribution is 6.00. The molecule has 0 heterocycles. The van der Waals surface area contributed by atoms with E-state index >= 15 is 0 Å². The van der Waals surface area contributed by atoms with E-state index in [1.165, 1.54) is 6.92 Å². The number of hydrogen-bond donors (Lipinski definition) is 2. The minimum atomic E-state index is -0.410.